The topological polar surface area (TPSA) is 38.3 Å². The molecule has 1 amide bonds. The number of amides is 1. The number of ether oxygens (including phenoxy) is 1. The van der Waals surface area contributed by atoms with E-state index in [0.29, 0.717) is 18.7 Å². The van der Waals surface area contributed by atoms with Gasteiger partial charge in [-0.2, -0.15) is 0 Å². The van der Waals surface area contributed by atoms with Gasteiger partial charge in [-0.05, 0) is 30.5 Å². The molecule has 4 heteroatoms. The summed E-state index contributed by atoms with van der Waals surface area (Å²) >= 11 is 0. The van der Waals surface area contributed by atoms with Crippen LogP contribution in [0.5, 0.6) is 0 Å². The molecule has 0 radical (unpaired) electrons. The summed E-state index contributed by atoms with van der Waals surface area (Å²) in [6, 6.07) is 6.10. The first-order valence-corrected chi connectivity index (χ1v) is 5.72. The smallest absolute Gasteiger partial charge is 0.224 e. The van der Waals surface area contributed by atoms with Crippen LogP contribution in [0.25, 0.3) is 0 Å². The first-order chi connectivity index (χ1) is 8.22. The number of unbranched alkanes of at least 4 members (excludes halogenated alkanes) is 1. The summed E-state index contributed by atoms with van der Waals surface area (Å²) in [7, 11) is 1.66. The molecule has 17 heavy (non-hydrogen) atoms. The van der Waals surface area contributed by atoms with E-state index >= 15 is 0 Å². The Hall–Kier alpha value is -1.42. The lowest BCUT2D eigenvalue weighted by molar-refractivity contribution is -0.120. The van der Waals surface area contributed by atoms with Crippen LogP contribution in [0.15, 0.2) is 24.3 Å². The van der Waals surface area contributed by atoms with Gasteiger partial charge in [0.1, 0.15) is 5.82 Å². The summed E-state index contributed by atoms with van der Waals surface area (Å²) in [5.41, 5.74) is 0.694. The van der Waals surface area contributed by atoms with E-state index in [1.54, 1.807) is 19.2 Å². The molecule has 0 spiro atoms. The molecule has 3 nitrogen and oxygen atoms in total. The van der Waals surface area contributed by atoms with Crippen molar-refractivity contribution in [2.45, 2.75) is 19.3 Å². The Morgan fingerprint density at radius 1 is 1.41 bits per heavy atom. The fourth-order valence-corrected chi connectivity index (χ4v) is 1.49. The molecule has 0 heterocycles. The number of carbonyl (C=O) groups excluding carboxylic acids is 1. The molecule has 0 aliphatic carbocycles. The van der Waals surface area contributed by atoms with Gasteiger partial charge in [-0.3, -0.25) is 4.79 Å². The molecule has 0 saturated heterocycles. The van der Waals surface area contributed by atoms with E-state index in [9.17, 15) is 9.18 Å². The number of rotatable bonds is 7. The molecule has 1 rings (SSSR count). The molecular weight excluding hydrogens is 221 g/mol. The van der Waals surface area contributed by atoms with Crippen LogP contribution in [0.2, 0.25) is 0 Å². The van der Waals surface area contributed by atoms with Gasteiger partial charge in [0.15, 0.2) is 0 Å². The van der Waals surface area contributed by atoms with Gasteiger partial charge in [0, 0.05) is 20.3 Å². The Bertz CT molecular complexity index is 355. The molecule has 0 atom stereocenters. The number of benzene rings is 1. The molecule has 0 unspecified atom stereocenters. The van der Waals surface area contributed by atoms with E-state index in [0.717, 1.165) is 12.8 Å². The predicted octanol–water partition coefficient (Wildman–Crippen LogP) is 1.91. The number of hydrogen-bond acceptors (Lipinski definition) is 2. The van der Waals surface area contributed by atoms with Crippen LogP contribution >= 0.6 is 0 Å². The maximum absolute atomic E-state index is 12.9. The van der Waals surface area contributed by atoms with E-state index in [-0.39, 0.29) is 18.1 Å². The zero-order valence-electron chi connectivity index (χ0n) is 10.0. The number of hydrogen-bond donors (Lipinski definition) is 1. The summed E-state index contributed by atoms with van der Waals surface area (Å²) in [6.07, 6.45) is 2.04. The van der Waals surface area contributed by atoms with Crippen molar-refractivity contribution < 1.29 is 13.9 Å². The Morgan fingerprint density at radius 3 is 2.94 bits per heavy atom. The van der Waals surface area contributed by atoms with Crippen LogP contribution in [0, 0.1) is 5.82 Å². The molecule has 0 bridgehead atoms. The lowest BCUT2D eigenvalue weighted by Crippen LogP contribution is -2.26. The second-order valence-electron chi connectivity index (χ2n) is 3.86. The molecule has 0 saturated carbocycles. The fraction of sp³-hybridized carbons (Fsp3) is 0.462. The van der Waals surface area contributed by atoms with E-state index in [1.807, 2.05) is 0 Å². The van der Waals surface area contributed by atoms with Crippen LogP contribution in [0.1, 0.15) is 18.4 Å². The van der Waals surface area contributed by atoms with Gasteiger partial charge >= 0.3 is 0 Å². The highest BCUT2D eigenvalue weighted by Crippen LogP contribution is 2.04. The van der Waals surface area contributed by atoms with Crippen LogP contribution in [-0.4, -0.2) is 26.2 Å². The third-order valence-electron chi connectivity index (χ3n) is 2.35. The minimum absolute atomic E-state index is 0.0759. The van der Waals surface area contributed by atoms with E-state index in [1.165, 1.54) is 12.1 Å². The zero-order chi connectivity index (χ0) is 12.5. The molecule has 0 aliphatic heterocycles. The highest BCUT2D eigenvalue weighted by Gasteiger charge is 2.03. The Morgan fingerprint density at radius 2 is 2.24 bits per heavy atom. The first kappa shape index (κ1) is 13.6. The lowest BCUT2D eigenvalue weighted by atomic mass is 10.1. The molecule has 1 aromatic rings. The van der Waals surface area contributed by atoms with Crippen molar-refractivity contribution in [1.29, 1.82) is 0 Å². The van der Waals surface area contributed by atoms with Gasteiger partial charge in [-0.1, -0.05) is 12.1 Å². The van der Waals surface area contributed by atoms with E-state index < -0.39 is 0 Å². The molecule has 94 valence electrons. The quantitative estimate of drug-likeness (QED) is 0.738. The molecular formula is C13H18FNO2. The maximum Gasteiger partial charge on any atom is 0.224 e. The number of carbonyl (C=O) groups is 1. The van der Waals surface area contributed by atoms with Crippen LogP contribution < -0.4 is 5.32 Å². The largest absolute Gasteiger partial charge is 0.385 e. The fourth-order valence-electron chi connectivity index (χ4n) is 1.49. The summed E-state index contributed by atoms with van der Waals surface area (Å²) in [5.74, 6) is -0.386. The van der Waals surface area contributed by atoms with Gasteiger partial charge in [0.2, 0.25) is 5.91 Å². The van der Waals surface area contributed by atoms with Gasteiger partial charge in [0.05, 0.1) is 6.42 Å². The molecule has 1 N–H and O–H groups in total. The van der Waals surface area contributed by atoms with Crippen molar-refractivity contribution in [2.24, 2.45) is 0 Å². The van der Waals surface area contributed by atoms with Crippen molar-refractivity contribution in [3.8, 4) is 0 Å². The molecule has 0 fully saturated rings. The third-order valence-corrected chi connectivity index (χ3v) is 2.35. The number of methoxy groups -OCH3 is 1. The Kier molecular flexibility index (Phi) is 6.25. The van der Waals surface area contributed by atoms with Crippen molar-refractivity contribution >= 4 is 5.91 Å². The summed E-state index contributed by atoms with van der Waals surface area (Å²) in [6.45, 7) is 1.34. The van der Waals surface area contributed by atoms with Crippen molar-refractivity contribution in [3.63, 3.8) is 0 Å². The van der Waals surface area contributed by atoms with E-state index in [4.69, 9.17) is 4.74 Å². The van der Waals surface area contributed by atoms with Crippen molar-refractivity contribution in [1.82, 2.24) is 5.32 Å². The highest BCUT2D eigenvalue weighted by atomic mass is 19.1. The summed E-state index contributed by atoms with van der Waals surface area (Å²) in [5, 5.41) is 2.79. The average Bonchev–Trinajstić information content (AvgIpc) is 2.29. The Labute approximate surface area is 101 Å². The van der Waals surface area contributed by atoms with E-state index in [2.05, 4.69) is 5.32 Å². The standard InChI is InChI=1S/C13H18FNO2/c1-17-8-3-2-7-15-13(16)10-11-5-4-6-12(14)9-11/h4-6,9H,2-3,7-8,10H2,1H3,(H,15,16). The minimum Gasteiger partial charge on any atom is -0.385 e. The summed E-state index contributed by atoms with van der Waals surface area (Å²) in [4.78, 5) is 11.5. The predicted molar refractivity (Wildman–Crippen MR) is 64.2 cm³/mol. The molecule has 1 aromatic carbocycles. The number of nitrogens with one attached hydrogen (secondary N) is 1. The second-order valence-corrected chi connectivity index (χ2v) is 3.86. The van der Waals surface area contributed by atoms with Crippen LogP contribution in [0.3, 0.4) is 0 Å². The van der Waals surface area contributed by atoms with Gasteiger partial charge in [-0.15, -0.1) is 0 Å². The monoisotopic (exact) mass is 239 g/mol. The Balaban J connectivity index is 2.21. The van der Waals surface area contributed by atoms with Crippen LogP contribution in [0.4, 0.5) is 4.39 Å². The number of halogens is 1. The molecule has 0 aromatic heterocycles. The highest BCUT2D eigenvalue weighted by molar-refractivity contribution is 5.78. The lowest BCUT2D eigenvalue weighted by Gasteiger charge is -2.05. The molecule has 0 aliphatic rings. The first-order valence-electron chi connectivity index (χ1n) is 5.72. The van der Waals surface area contributed by atoms with Crippen molar-refractivity contribution in [3.05, 3.63) is 35.6 Å². The minimum atomic E-state index is -0.310. The third kappa shape index (κ3) is 6.02. The normalized spacial score (nSPS) is 10.2. The zero-order valence-corrected chi connectivity index (χ0v) is 10.0. The maximum atomic E-state index is 12.9. The summed E-state index contributed by atoms with van der Waals surface area (Å²) < 4.78 is 17.8. The van der Waals surface area contributed by atoms with Gasteiger partial charge in [-0.25, -0.2) is 4.39 Å². The van der Waals surface area contributed by atoms with Gasteiger partial charge < -0.3 is 10.1 Å². The van der Waals surface area contributed by atoms with Crippen molar-refractivity contribution in [2.75, 3.05) is 20.3 Å². The SMILES string of the molecule is COCCCCNC(=O)Cc1cccc(F)c1. The average molecular weight is 239 g/mol. The second kappa shape index (κ2) is 7.79. The van der Waals surface area contributed by atoms with Gasteiger partial charge in [0.25, 0.3) is 0 Å². The van der Waals surface area contributed by atoms with Crippen LogP contribution in [-0.2, 0) is 16.0 Å².